The van der Waals surface area contributed by atoms with E-state index in [2.05, 4.69) is 16.7 Å². The molecule has 1 fully saturated rings. The Morgan fingerprint density at radius 3 is 2.45 bits per heavy atom. The lowest BCUT2D eigenvalue weighted by atomic mass is 10.1. The molecule has 1 aromatic carbocycles. The molecule has 1 aliphatic heterocycles. The Morgan fingerprint density at radius 2 is 1.95 bits per heavy atom. The van der Waals surface area contributed by atoms with Gasteiger partial charge in [-0.15, -0.1) is 0 Å². The number of β-amino-alcohol motifs (C(OH)–C–C–N with tert-alkyl or cyclic N) is 1. The zero-order valence-electron chi connectivity index (χ0n) is 13.9. The van der Waals surface area contributed by atoms with Crippen molar-refractivity contribution in [1.29, 1.82) is 0 Å². The van der Waals surface area contributed by atoms with Gasteiger partial charge in [0.15, 0.2) is 0 Å². The lowest BCUT2D eigenvalue weighted by Gasteiger charge is -2.43. The zero-order chi connectivity index (χ0) is 16.3. The molecule has 1 N–H and O–H groups in total. The van der Waals surface area contributed by atoms with E-state index in [9.17, 15) is 9.90 Å². The third-order valence-corrected chi connectivity index (χ3v) is 4.01. The van der Waals surface area contributed by atoms with Crippen LogP contribution in [0.15, 0.2) is 24.3 Å². The van der Waals surface area contributed by atoms with E-state index in [-0.39, 0.29) is 5.97 Å². The maximum absolute atomic E-state index is 11.5. The first-order valence-electron chi connectivity index (χ1n) is 7.70. The summed E-state index contributed by atoms with van der Waals surface area (Å²) >= 11 is 0. The zero-order valence-corrected chi connectivity index (χ0v) is 13.9. The van der Waals surface area contributed by atoms with Crippen molar-refractivity contribution in [2.45, 2.75) is 32.4 Å². The molecule has 0 amide bonds. The fourth-order valence-corrected chi connectivity index (χ4v) is 2.89. The Labute approximate surface area is 132 Å². The molecule has 1 aromatic rings. The van der Waals surface area contributed by atoms with Crippen molar-refractivity contribution < 1.29 is 14.6 Å². The molecular weight excluding hydrogens is 280 g/mol. The average molecular weight is 306 g/mol. The fourth-order valence-electron chi connectivity index (χ4n) is 2.89. The molecule has 1 heterocycles. The van der Waals surface area contributed by atoms with Crippen molar-refractivity contribution in [3.05, 3.63) is 29.8 Å². The van der Waals surface area contributed by atoms with Gasteiger partial charge in [-0.25, -0.2) is 4.79 Å². The van der Waals surface area contributed by atoms with Crippen molar-refractivity contribution in [1.82, 2.24) is 4.90 Å². The van der Waals surface area contributed by atoms with Gasteiger partial charge in [0.25, 0.3) is 0 Å². The second-order valence-electron chi connectivity index (χ2n) is 6.62. The lowest BCUT2D eigenvalue weighted by Crippen LogP contribution is -2.55. The molecule has 1 unspecified atom stereocenters. The number of hydrogen-bond acceptors (Lipinski definition) is 5. The summed E-state index contributed by atoms with van der Waals surface area (Å²) in [5.41, 5.74) is 1.01. The molecule has 5 nitrogen and oxygen atoms in total. The summed E-state index contributed by atoms with van der Waals surface area (Å²) < 4.78 is 4.72. The number of methoxy groups -OCH3 is 1. The van der Waals surface area contributed by atoms with Gasteiger partial charge in [-0.1, -0.05) is 0 Å². The molecule has 1 aliphatic rings. The Morgan fingerprint density at radius 1 is 1.32 bits per heavy atom. The van der Waals surface area contributed by atoms with Crippen LogP contribution in [0.3, 0.4) is 0 Å². The van der Waals surface area contributed by atoms with Gasteiger partial charge in [0.2, 0.25) is 0 Å². The largest absolute Gasteiger partial charge is 0.465 e. The van der Waals surface area contributed by atoms with Gasteiger partial charge in [0.1, 0.15) is 0 Å². The maximum atomic E-state index is 11.5. The van der Waals surface area contributed by atoms with E-state index in [4.69, 9.17) is 4.74 Å². The van der Waals surface area contributed by atoms with Gasteiger partial charge in [-0.2, -0.15) is 0 Å². The number of esters is 1. The number of carbonyl (C=O) groups is 1. The highest BCUT2D eigenvalue weighted by Gasteiger charge is 2.27. The van der Waals surface area contributed by atoms with Gasteiger partial charge in [0, 0.05) is 37.9 Å². The first-order valence-corrected chi connectivity index (χ1v) is 7.70. The number of rotatable bonds is 4. The Hall–Kier alpha value is -1.59. The monoisotopic (exact) mass is 306 g/mol. The van der Waals surface area contributed by atoms with Gasteiger partial charge in [-0.05, 0) is 45.0 Å². The van der Waals surface area contributed by atoms with Crippen molar-refractivity contribution in [2.75, 3.05) is 38.2 Å². The number of ether oxygens (including phenoxy) is 1. The van der Waals surface area contributed by atoms with Crippen molar-refractivity contribution in [3.8, 4) is 0 Å². The van der Waals surface area contributed by atoms with E-state index in [0.717, 1.165) is 25.3 Å². The molecule has 122 valence electrons. The highest BCUT2D eigenvalue weighted by atomic mass is 16.5. The number of benzene rings is 1. The van der Waals surface area contributed by atoms with E-state index < -0.39 is 5.60 Å². The van der Waals surface area contributed by atoms with E-state index in [1.165, 1.54) is 7.11 Å². The minimum atomic E-state index is -0.668. The summed E-state index contributed by atoms with van der Waals surface area (Å²) in [7, 11) is 1.39. The predicted molar refractivity (Wildman–Crippen MR) is 87.3 cm³/mol. The third kappa shape index (κ3) is 4.21. The second-order valence-corrected chi connectivity index (χ2v) is 6.62. The van der Waals surface area contributed by atoms with E-state index in [0.29, 0.717) is 18.2 Å². The van der Waals surface area contributed by atoms with Gasteiger partial charge in [-0.3, -0.25) is 4.90 Å². The maximum Gasteiger partial charge on any atom is 0.337 e. The molecule has 2 rings (SSSR count). The SMILES string of the molecule is COC(=O)c1ccc(N2CCN(CC(C)(C)O)C(C)C2)cc1. The fraction of sp³-hybridized carbons (Fsp3) is 0.588. The third-order valence-electron chi connectivity index (χ3n) is 4.01. The standard InChI is InChI=1S/C17H26N2O3/c1-13-11-18(9-10-19(13)12-17(2,3)21)15-7-5-14(6-8-15)16(20)22-4/h5-8,13,21H,9-12H2,1-4H3. The first kappa shape index (κ1) is 16.8. The molecule has 0 aromatic heterocycles. The minimum absolute atomic E-state index is 0.310. The van der Waals surface area contributed by atoms with Crippen LogP contribution in [-0.2, 0) is 4.74 Å². The van der Waals surface area contributed by atoms with Crippen LogP contribution in [0.25, 0.3) is 0 Å². The lowest BCUT2D eigenvalue weighted by molar-refractivity contribution is 0.0201. The number of carbonyl (C=O) groups excluding carboxylic acids is 1. The topological polar surface area (TPSA) is 53.0 Å². The quantitative estimate of drug-likeness (QED) is 0.859. The Balaban J connectivity index is 1.99. The predicted octanol–water partition coefficient (Wildman–Crippen LogP) is 1.75. The normalized spacial score (nSPS) is 20.0. The summed E-state index contributed by atoms with van der Waals surface area (Å²) in [6, 6.07) is 7.90. The molecule has 22 heavy (non-hydrogen) atoms. The van der Waals surface area contributed by atoms with Gasteiger partial charge in [0.05, 0.1) is 18.3 Å². The highest BCUT2D eigenvalue weighted by molar-refractivity contribution is 5.89. The van der Waals surface area contributed by atoms with Crippen molar-refractivity contribution in [3.63, 3.8) is 0 Å². The van der Waals surface area contributed by atoms with E-state index in [1.54, 1.807) is 12.1 Å². The van der Waals surface area contributed by atoms with Crippen LogP contribution in [-0.4, -0.2) is 60.9 Å². The number of aliphatic hydroxyl groups is 1. The Kier molecular flexibility index (Phi) is 5.08. The average Bonchev–Trinajstić information content (AvgIpc) is 2.47. The van der Waals surface area contributed by atoms with Crippen molar-refractivity contribution in [2.24, 2.45) is 0 Å². The minimum Gasteiger partial charge on any atom is -0.465 e. The van der Waals surface area contributed by atoms with Crippen molar-refractivity contribution >= 4 is 11.7 Å². The van der Waals surface area contributed by atoms with Crippen LogP contribution in [0.1, 0.15) is 31.1 Å². The summed E-state index contributed by atoms with van der Waals surface area (Å²) in [5, 5.41) is 9.98. The summed E-state index contributed by atoms with van der Waals surface area (Å²) in [5.74, 6) is -0.310. The molecular formula is C17H26N2O3. The number of hydrogen-bond donors (Lipinski definition) is 1. The molecule has 1 atom stereocenters. The van der Waals surface area contributed by atoms with Crippen LogP contribution in [0.5, 0.6) is 0 Å². The molecule has 1 saturated heterocycles. The highest BCUT2D eigenvalue weighted by Crippen LogP contribution is 2.21. The van der Waals surface area contributed by atoms with E-state index in [1.807, 2.05) is 26.0 Å². The van der Waals surface area contributed by atoms with Crippen LogP contribution >= 0.6 is 0 Å². The summed E-state index contributed by atoms with van der Waals surface area (Å²) in [6.07, 6.45) is 0. The Bertz CT molecular complexity index is 508. The molecule has 0 aliphatic carbocycles. The molecule has 0 bridgehead atoms. The van der Waals surface area contributed by atoms with Crippen LogP contribution in [0.2, 0.25) is 0 Å². The number of piperazine rings is 1. The first-order chi connectivity index (χ1) is 10.3. The van der Waals surface area contributed by atoms with Crippen LogP contribution in [0, 0.1) is 0 Å². The molecule has 0 spiro atoms. The van der Waals surface area contributed by atoms with Gasteiger partial charge >= 0.3 is 5.97 Å². The van der Waals surface area contributed by atoms with Crippen LogP contribution < -0.4 is 4.90 Å². The summed E-state index contributed by atoms with van der Waals surface area (Å²) in [4.78, 5) is 16.1. The van der Waals surface area contributed by atoms with E-state index >= 15 is 0 Å². The molecule has 0 radical (unpaired) electrons. The smallest absolute Gasteiger partial charge is 0.337 e. The molecule has 5 heteroatoms. The number of nitrogens with zero attached hydrogens (tertiary/aromatic N) is 2. The number of anilines is 1. The molecule has 0 saturated carbocycles. The second kappa shape index (κ2) is 6.67. The van der Waals surface area contributed by atoms with Gasteiger partial charge < -0.3 is 14.7 Å². The summed E-state index contributed by atoms with van der Waals surface area (Å²) in [6.45, 7) is 9.30. The van der Waals surface area contributed by atoms with Crippen LogP contribution in [0.4, 0.5) is 5.69 Å².